The van der Waals surface area contributed by atoms with Crippen molar-refractivity contribution in [1.29, 1.82) is 0 Å². The minimum atomic E-state index is -4.83. The van der Waals surface area contributed by atoms with Crippen LogP contribution >= 0.6 is 11.6 Å². The number of pyridine rings is 1. The van der Waals surface area contributed by atoms with Gasteiger partial charge in [-0.05, 0) is 60.8 Å². The van der Waals surface area contributed by atoms with E-state index in [-0.39, 0.29) is 23.0 Å². The van der Waals surface area contributed by atoms with Crippen LogP contribution in [0.3, 0.4) is 0 Å². The van der Waals surface area contributed by atoms with Gasteiger partial charge in [-0.25, -0.2) is 4.98 Å². The van der Waals surface area contributed by atoms with Gasteiger partial charge < -0.3 is 9.84 Å². The number of carboxylic acids is 1. The number of aliphatic carboxylic acids is 1. The van der Waals surface area contributed by atoms with E-state index in [1.807, 2.05) is 12.1 Å². The normalized spacial score (nSPS) is 21.9. The van der Waals surface area contributed by atoms with Crippen LogP contribution in [-0.4, -0.2) is 38.0 Å². The maximum absolute atomic E-state index is 13.4. The van der Waals surface area contributed by atoms with Gasteiger partial charge >= 0.3 is 12.3 Å². The lowest BCUT2D eigenvalue weighted by atomic mass is 9.47. The molecule has 7 nitrogen and oxygen atoms in total. The minimum Gasteiger partial charge on any atom is -0.481 e. The summed E-state index contributed by atoms with van der Waals surface area (Å²) in [5.41, 5.74) is 3.10. The molecule has 2 aliphatic rings. The Balaban J connectivity index is 1.17. The summed E-state index contributed by atoms with van der Waals surface area (Å²) in [7, 11) is 0. The van der Waals surface area contributed by atoms with Crippen molar-refractivity contribution in [3.63, 3.8) is 0 Å². The van der Waals surface area contributed by atoms with Crippen LogP contribution in [0.2, 0.25) is 5.02 Å². The molecule has 0 bridgehead atoms. The van der Waals surface area contributed by atoms with Crippen molar-refractivity contribution in [2.75, 3.05) is 0 Å². The van der Waals surface area contributed by atoms with E-state index < -0.39 is 18.2 Å². The number of alkyl halides is 3. The second kappa shape index (κ2) is 10.2. The summed E-state index contributed by atoms with van der Waals surface area (Å²) in [5, 5.41) is 14.8. The Morgan fingerprint density at radius 1 is 1.05 bits per heavy atom. The fourth-order valence-corrected chi connectivity index (χ4v) is 6.60. The molecule has 11 heteroatoms. The zero-order valence-corrected chi connectivity index (χ0v) is 22.5. The van der Waals surface area contributed by atoms with Gasteiger partial charge in [0.2, 0.25) is 5.88 Å². The number of fused-ring (bicyclic) bond motifs is 1. The number of halogens is 4. The van der Waals surface area contributed by atoms with E-state index in [4.69, 9.17) is 11.6 Å². The molecule has 2 aliphatic carbocycles. The third kappa shape index (κ3) is 5.53. The summed E-state index contributed by atoms with van der Waals surface area (Å²) in [6.07, 6.45) is 0.361. The molecular weight excluding hydrogens is 559 g/mol. The van der Waals surface area contributed by atoms with E-state index in [2.05, 4.69) is 14.8 Å². The van der Waals surface area contributed by atoms with Gasteiger partial charge in [0.15, 0.2) is 5.78 Å². The summed E-state index contributed by atoms with van der Waals surface area (Å²) >= 11 is 6.44. The predicted molar refractivity (Wildman–Crippen MR) is 145 cm³/mol. The number of aromatic nitrogens is 3. The van der Waals surface area contributed by atoms with E-state index in [0.717, 1.165) is 24.5 Å². The van der Waals surface area contributed by atoms with Gasteiger partial charge in [-0.1, -0.05) is 41.9 Å². The first-order valence-corrected chi connectivity index (χ1v) is 13.6. The molecule has 4 aromatic rings. The van der Waals surface area contributed by atoms with Crippen LogP contribution in [0.5, 0.6) is 5.88 Å². The van der Waals surface area contributed by atoms with Crippen molar-refractivity contribution < 1.29 is 32.6 Å². The second-order valence-electron chi connectivity index (χ2n) is 11.1. The Labute approximate surface area is 237 Å². The number of ketones is 1. The molecule has 0 saturated heterocycles. The summed E-state index contributed by atoms with van der Waals surface area (Å²) in [5.74, 6) is -1.28. The third-order valence-electron chi connectivity index (χ3n) is 8.20. The Morgan fingerprint density at radius 2 is 1.78 bits per heavy atom. The average Bonchev–Trinajstić information content (AvgIpc) is 3.28. The molecule has 2 aromatic heterocycles. The lowest BCUT2D eigenvalue weighted by Gasteiger charge is -2.56. The van der Waals surface area contributed by atoms with Gasteiger partial charge in [0.25, 0.3) is 0 Å². The van der Waals surface area contributed by atoms with Gasteiger partial charge in [0.05, 0.1) is 34.9 Å². The molecule has 2 fully saturated rings. The molecule has 0 radical (unpaired) electrons. The first kappa shape index (κ1) is 27.3. The average molecular weight is 584 g/mol. The lowest BCUT2D eigenvalue weighted by Crippen LogP contribution is -2.50. The SMILES string of the molecule is O=C(CC1CC2(C1)CC(C(=O)O)C2)c1ccc(Cl)c2cnn(Cc3ccc(-c4cccc(OC(F)(F)F)n4)cc3)c12. The largest absolute Gasteiger partial charge is 0.574 e. The number of hydrogen-bond donors (Lipinski definition) is 1. The first-order valence-electron chi connectivity index (χ1n) is 13.2. The highest BCUT2D eigenvalue weighted by Gasteiger charge is 2.54. The van der Waals surface area contributed by atoms with Gasteiger partial charge in [0.1, 0.15) is 0 Å². The molecular formula is C30H25ClF3N3O4. The predicted octanol–water partition coefficient (Wildman–Crippen LogP) is 7.16. The third-order valence-corrected chi connectivity index (χ3v) is 8.53. The fourth-order valence-electron chi connectivity index (χ4n) is 6.39. The molecule has 1 spiro atoms. The zero-order chi connectivity index (χ0) is 28.9. The van der Waals surface area contributed by atoms with Gasteiger partial charge in [-0.2, -0.15) is 5.10 Å². The molecule has 2 aromatic carbocycles. The number of ether oxygens (including phenoxy) is 1. The standard InChI is InChI=1S/C30H25ClF3N3O4/c31-23-9-8-21(25(38)10-18-11-29(12-18)13-20(14-29)28(39)40)27-22(23)15-35-37(27)16-17-4-6-19(7-5-17)24-2-1-3-26(36-24)41-30(32,33)34/h1-9,15,18,20H,10-14,16H2,(H,39,40). The van der Waals surface area contributed by atoms with E-state index in [9.17, 15) is 27.9 Å². The highest BCUT2D eigenvalue weighted by atomic mass is 35.5. The molecule has 2 saturated carbocycles. The molecule has 212 valence electrons. The van der Waals surface area contributed by atoms with Crippen LogP contribution in [0, 0.1) is 17.3 Å². The molecule has 0 atom stereocenters. The Bertz CT molecular complexity index is 1640. The smallest absolute Gasteiger partial charge is 0.481 e. The number of benzene rings is 2. The van der Waals surface area contributed by atoms with E-state index in [1.54, 1.807) is 41.2 Å². The Morgan fingerprint density at radius 3 is 2.46 bits per heavy atom. The quantitative estimate of drug-likeness (QED) is 0.221. The number of hydrogen-bond acceptors (Lipinski definition) is 5. The summed E-state index contributed by atoms with van der Waals surface area (Å²) < 4.78 is 43.4. The van der Waals surface area contributed by atoms with Crippen LogP contribution in [0.15, 0.2) is 60.8 Å². The molecule has 0 amide bonds. The van der Waals surface area contributed by atoms with Crippen molar-refractivity contribution in [3.05, 3.63) is 76.9 Å². The number of nitrogens with zero attached hydrogens (tertiary/aromatic N) is 3. The van der Waals surface area contributed by atoms with Crippen molar-refractivity contribution in [3.8, 4) is 17.1 Å². The number of rotatable bonds is 8. The maximum Gasteiger partial charge on any atom is 0.574 e. The van der Waals surface area contributed by atoms with Crippen LogP contribution in [0.25, 0.3) is 22.2 Å². The second-order valence-corrected chi connectivity index (χ2v) is 11.5. The Hall–Kier alpha value is -3.92. The van der Waals surface area contributed by atoms with Gasteiger partial charge in [-0.3, -0.25) is 14.3 Å². The highest BCUT2D eigenvalue weighted by molar-refractivity contribution is 6.36. The van der Waals surface area contributed by atoms with Gasteiger partial charge in [-0.15, -0.1) is 13.2 Å². The minimum absolute atomic E-state index is 0.00440. The molecule has 1 N–H and O–H groups in total. The lowest BCUT2D eigenvalue weighted by molar-refractivity contribution is -0.276. The number of carbonyl (C=O) groups excluding carboxylic acids is 1. The summed E-state index contributed by atoms with van der Waals surface area (Å²) in [6, 6.07) is 14.8. The van der Waals surface area contributed by atoms with Crippen LogP contribution in [-0.2, 0) is 11.3 Å². The van der Waals surface area contributed by atoms with Crippen LogP contribution in [0.4, 0.5) is 13.2 Å². The number of carbonyl (C=O) groups is 2. The van der Waals surface area contributed by atoms with E-state index in [0.29, 0.717) is 58.6 Å². The molecule has 0 unspecified atom stereocenters. The molecule has 6 rings (SSSR count). The van der Waals surface area contributed by atoms with Crippen molar-refractivity contribution in [2.45, 2.75) is 45.0 Å². The zero-order valence-electron chi connectivity index (χ0n) is 21.7. The number of Topliss-reactive ketones (excluding diaryl/α,β-unsaturated/α-hetero) is 1. The molecule has 41 heavy (non-hydrogen) atoms. The molecule has 2 heterocycles. The monoisotopic (exact) mass is 583 g/mol. The summed E-state index contributed by atoms with van der Waals surface area (Å²) in [4.78, 5) is 28.5. The van der Waals surface area contributed by atoms with Crippen LogP contribution in [0.1, 0.15) is 48.0 Å². The van der Waals surface area contributed by atoms with Crippen molar-refractivity contribution in [1.82, 2.24) is 14.8 Å². The van der Waals surface area contributed by atoms with Crippen molar-refractivity contribution >= 4 is 34.3 Å². The maximum atomic E-state index is 13.4. The first-order chi connectivity index (χ1) is 19.5. The van der Waals surface area contributed by atoms with Gasteiger partial charge in [0, 0.05) is 29.0 Å². The topological polar surface area (TPSA) is 94.3 Å². The Kier molecular flexibility index (Phi) is 6.76. The highest BCUT2D eigenvalue weighted by Crippen LogP contribution is 2.62. The fraction of sp³-hybridized carbons (Fsp3) is 0.333. The van der Waals surface area contributed by atoms with E-state index in [1.165, 1.54) is 6.07 Å². The summed E-state index contributed by atoms with van der Waals surface area (Å²) in [6.45, 7) is 0.345. The van der Waals surface area contributed by atoms with Crippen molar-refractivity contribution in [2.24, 2.45) is 17.3 Å². The van der Waals surface area contributed by atoms with E-state index >= 15 is 0 Å². The van der Waals surface area contributed by atoms with Crippen LogP contribution < -0.4 is 4.74 Å². The molecule has 0 aliphatic heterocycles. The number of carboxylic acid groups (broad SMARTS) is 1.